The second-order valence-corrected chi connectivity index (χ2v) is 7.05. The maximum atomic E-state index is 13.9. The SMILES string of the molecule is Cc1nn(-c2cccc(C(F)(F)F)c2)c(C)c1C(=O)C(=O)NC(C)c1ccccc1F. The highest BCUT2D eigenvalue weighted by Crippen LogP contribution is 2.31. The number of ketones is 1. The van der Waals surface area contributed by atoms with E-state index in [0.29, 0.717) is 0 Å². The first-order valence-corrected chi connectivity index (χ1v) is 9.34. The molecule has 0 bridgehead atoms. The number of alkyl halides is 3. The molecule has 3 aromatic rings. The molecule has 0 saturated carbocycles. The van der Waals surface area contributed by atoms with Crippen LogP contribution in [-0.4, -0.2) is 21.5 Å². The van der Waals surface area contributed by atoms with E-state index in [1.54, 1.807) is 6.07 Å². The Labute approximate surface area is 175 Å². The van der Waals surface area contributed by atoms with Crippen molar-refractivity contribution in [3.63, 3.8) is 0 Å². The average molecular weight is 433 g/mol. The van der Waals surface area contributed by atoms with Gasteiger partial charge in [-0.05, 0) is 45.0 Å². The van der Waals surface area contributed by atoms with Crippen molar-refractivity contribution >= 4 is 11.7 Å². The zero-order chi connectivity index (χ0) is 22.9. The molecule has 0 aliphatic carbocycles. The second kappa shape index (κ2) is 8.33. The summed E-state index contributed by atoms with van der Waals surface area (Å²) >= 11 is 0. The normalized spacial score (nSPS) is 12.5. The van der Waals surface area contributed by atoms with Crippen LogP contribution in [0.25, 0.3) is 5.69 Å². The number of aromatic nitrogens is 2. The lowest BCUT2D eigenvalue weighted by molar-refractivity contribution is -0.137. The number of hydrogen-bond donors (Lipinski definition) is 1. The van der Waals surface area contributed by atoms with Crippen LogP contribution < -0.4 is 5.32 Å². The summed E-state index contributed by atoms with van der Waals surface area (Å²) in [5.74, 6) is -2.39. The fourth-order valence-corrected chi connectivity index (χ4v) is 3.32. The van der Waals surface area contributed by atoms with Crippen LogP contribution in [0, 0.1) is 19.7 Å². The molecule has 162 valence electrons. The summed E-state index contributed by atoms with van der Waals surface area (Å²) in [4.78, 5) is 25.3. The first-order valence-electron chi connectivity index (χ1n) is 9.34. The van der Waals surface area contributed by atoms with E-state index in [-0.39, 0.29) is 28.2 Å². The Kier molecular flexibility index (Phi) is 5.97. The third-order valence-electron chi connectivity index (χ3n) is 4.86. The number of carbonyl (C=O) groups excluding carboxylic acids is 2. The first kappa shape index (κ1) is 22.2. The van der Waals surface area contributed by atoms with Gasteiger partial charge in [-0.2, -0.15) is 18.3 Å². The molecule has 9 heteroatoms. The summed E-state index contributed by atoms with van der Waals surface area (Å²) in [7, 11) is 0. The number of benzene rings is 2. The minimum absolute atomic E-state index is 0.0179. The van der Waals surface area contributed by atoms with Gasteiger partial charge < -0.3 is 5.32 Å². The Balaban J connectivity index is 1.89. The summed E-state index contributed by atoms with van der Waals surface area (Å²) in [5.41, 5.74) is -0.145. The van der Waals surface area contributed by atoms with Gasteiger partial charge >= 0.3 is 6.18 Å². The number of halogens is 4. The van der Waals surface area contributed by atoms with Gasteiger partial charge in [0.15, 0.2) is 0 Å². The standard InChI is InChI=1S/C22H19F4N3O2/c1-12(17-9-4-5-10-18(17)23)27-21(31)20(30)19-13(2)28-29(14(19)3)16-8-6-7-15(11-16)22(24,25)26/h4-12H,1-3H3,(H,27,31). The molecule has 0 spiro atoms. The maximum Gasteiger partial charge on any atom is 0.416 e. The van der Waals surface area contributed by atoms with Gasteiger partial charge in [-0.1, -0.05) is 24.3 Å². The van der Waals surface area contributed by atoms with Gasteiger partial charge in [0.1, 0.15) is 5.82 Å². The van der Waals surface area contributed by atoms with Crippen LogP contribution in [0.5, 0.6) is 0 Å². The van der Waals surface area contributed by atoms with Crippen molar-refractivity contribution in [3.05, 3.63) is 82.4 Å². The van der Waals surface area contributed by atoms with E-state index in [9.17, 15) is 27.2 Å². The number of aryl methyl sites for hydroxylation is 1. The van der Waals surface area contributed by atoms with Crippen molar-refractivity contribution in [1.29, 1.82) is 0 Å². The molecule has 3 rings (SSSR count). The van der Waals surface area contributed by atoms with E-state index in [1.165, 1.54) is 55.8 Å². The van der Waals surface area contributed by atoms with Crippen molar-refractivity contribution in [1.82, 2.24) is 15.1 Å². The molecule has 0 aliphatic heterocycles. The van der Waals surface area contributed by atoms with Crippen LogP contribution in [0.15, 0.2) is 48.5 Å². The minimum atomic E-state index is -4.53. The number of carbonyl (C=O) groups is 2. The summed E-state index contributed by atoms with van der Waals surface area (Å²) in [6.45, 7) is 4.51. The van der Waals surface area contributed by atoms with Crippen molar-refractivity contribution in [2.24, 2.45) is 0 Å². The van der Waals surface area contributed by atoms with E-state index in [1.807, 2.05) is 0 Å². The molecule has 1 amide bonds. The molecule has 5 nitrogen and oxygen atoms in total. The summed E-state index contributed by atoms with van der Waals surface area (Å²) in [5, 5.41) is 6.60. The molecular weight excluding hydrogens is 414 g/mol. The number of nitrogens with zero attached hydrogens (tertiary/aromatic N) is 2. The van der Waals surface area contributed by atoms with Gasteiger partial charge in [0.05, 0.1) is 34.2 Å². The lowest BCUT2D eigenvalue weighted by Gasteiger charge is -2.14. The molecule has 1 atom stereocenters. The Bertz CT molecular complexity index is 1150. The molecule has 1 aromatic heterocycles. The monoisotopic (exact) mass is 433 g/mol. The number of amides is 1. The molecule has 1 heterocycles. The lowest BCUT2D eigenvalue weighted by atomic mass is 10.1. The Morgan fingerprint density at radius 2 is 1.74 bits per heavy atom. The van der Waals surface area contributed by atoms with Crippen LogP contribution in [0.4, 0.5) is 17.6 Å². The van der Waals surface area contributed by atoms with E-state index >= 15 is 0 Å². The second-order valence-electron chi connectivity index (χ2n) is 7.05. The molecule has 0 fully saturated rings. The quantitative estimate of drug-likeness (QED) is 0.360. The zero-order valence-electron chi connectivity index (χ0n) is 16.9. The minimum Gasteiger partial charge on any atom is -0.343 e. The smallest absolute Gasteiger partial charge is 0.343 e. The third-order valence-corrected chi connectivity index (χ3v) is 4.86. The highest BCUT2D eigenvalue weighted by atomic mass is 19.4. The molecule has 2 aromatic carbocycles. The van der Waals surface area contributed by atoms with Crippen molar-refractivity contribution in [2.75, 3.05) is 0 Å². The molecule has 31 heavy (non-hydrogen) atoms. The largest absolute Gasteiger partial charge is 0.416 e. The predicted octanol–water partition coefficient (Wildman–Crippen LogP) is 4.71. The van der Waals surface area contributed by atoms with E-state index in [0.717, 1.165) is 12.1 Å². The number of Topliss-reactive ketones (excluding diaryl/α,β-unsaturated/α-hetero) is 1. The lowest BCUT2D eigenvalue weighted by Crippen LogP contribution is -2.34. The Morgan fingerprint density at radius 3 is 2.39 bits per heavy atom. The predicted molar refractivity (Wildman–Crippen MR) is 105 cm³/mol. The van der Waals surface area contributed by atoms with Crippen LogP contribution in [0.3, 0.4) is 0 Å². The molecule has 0 radical (unpaired) electrons. The number of nitrogens with one attached hydrogen (secondary N) is 1. The highest BCUT2D eigenvalue weighted by Gasteiger charge is 2.31. The summed E-state index contributed by atoms with van der Waals surface area (Å²) < 4.78 is 54.2. The van der Waals surface area contributed by atoms with Crippen LogP contribution >= 0.6 is 0 Å². The van der Waals surface area contributed by atoms with E-state index in [4.69, 9.17) is 0 Å². The molecule has 0 aliphatic rings. The van der Waals surface area contributed by atoms with Crippen LogP contribution in [0.2, 0.25) is 0 Å². The Morgan fingerprint density at radius 1 is 1.06 bits per heavy atom. The summed E-state index contributed by atoms with van der Waals surface area (Å²) in [6, 6.07) is 9.58. The Hall–Kier alpha value is -3.49. The third kappa shape index (κ3) is 4.50. The fourth-order valence-electron chi connectivity index (χ4n) is 3.32. The highest BCUT2D eigenvalue weighted by molar-refractivity contribution is 6.43. The van der Waals surface area contributed by atoms with Gasteiger partial charge in [0.25, 0.3) is 11.7 Å². The number of rotatable bonds is 5. The van der Waals surface area contributed by atoms with E-state index in [2.05, 4.69) is 10.4 Å². The molecule has 1 N–H and O–H groups in total. The van der Waals surface area contributed by atoms with Gasteiger partial charge in [0, 0.05) is 5.56 Å². The average Bonchev–Trinajstić information content (AvgIpc) is 3.01. The molecule has 1 unspecified atom stereocenters. The van der Waals surface area contributed by atoms with Gasteiger partial charge in [-0.15, -0.1) is 0 Å². The van der Waals surface area contributed by atoms with Gasteiger partial charge in [-0.25, -0.2) is 9.07 Å². The summed E-state index contributed by atoms with van der Waals surface area (Å²) in [6.07, 6.45) is -4.53. The van der Waals surface area contributed by atoms with Crippen molar-refractivity contribution < 1.29 is 27.2 Å². The topological polar surface area (TPSA) is 64.0 Å². The van der Waals surface area contributed by atoms with Gasteiger partial charge in [-0.3, -0.25) is 9.59 Å². The maximum absolute atomic E-state index is 13.9. The van der Waals surface area contributed by atoms with Crippen molar-refractivity contribution in [2.45, 2.75) is 33.0 Å². The number of hydrogen-bond acceptors (Lipinski definition) is 3. The van der Waals surface area contributed by atoms with Gasteiger partial charge in [0.2, 0.25) is 0 Å². The first-order chi connectivity index (χ1) is 14.5. The molecule has 0 saturated heterocycles. The fraction of sp³-hybridized carbons (Fsp3) is 0.227. The van der Waals surface area contributed by atoms with E-state index < -0.39 is 35.3 Å². The molecular formula is C22H19F4N3O2. The van der Waals surface area contributed by atoms with Crippen LogP contribution in [-0.2, 0) is 11.0 Å². The van der Waals surface area contributed by atoms with Crippen molar-refractivity contribution in [3.8, 4) is 5.69 Å². The zero-order valence-corrected chi connectivity index (χ0v) is 16.9. The van der Waals surface area contributed by atoms with Crippen LogP contribution in [0.1, 0.15) is 45.8 Å².